The van der Waals surface area contributed by atoms with Gasteiger partial charge in [-0.2, -0.15) is 0 Å². The molecule has 1 heterocycles. The Morgan fingerprint density at radius 1 is 1.36 bits per heavy atom. The van der Waals surface area contributed by atoms with Gasteiger partial charge in [0.25, 0.3) is 5.91 Å². The summed E-state index contributed by atoms with van der Waals surface area (Å²) in [5, 5.41) is 2.87. The van der Waals surface area contributed by atoms with Crippen molar-refractivity contribution in [3.05, 3.63) is 35.1 Å². The lowest BCUT2D eigenvalue weighted by Crippen LogP contribution is -2.55. The van der Waals surface area contributed by atoms with E-state index in [2.05, 4.69) is 24.1 Å². The van der Waals surface area contributed by atoms with Gasteiger partial charge < -0.3 is 5.32 Å². The minimum absolute atomic E-state index is 0.219. The van der Waals surface area contributed by atoms with Crippen LogP contribution in [0.15, 0.2) is 18.2 Å². The number of nitrogens with one attached hydrogen (secondary N) is 1. The zero-order valence-electron chi connectivity index (χ0n) is 13.3. The molecule has 1 fully saturated rings. The molecule has 1 saturated heterocycles. The molecule has 0 aliphatic carbocycles. The number of benzene rings is 1. The molecule has 0 atom stereocenters. The molecule has 1 aromatic carbocycles. The Morgan fingerprint density at radius 3 is 2.59 bits per heavy atom. The molecule has 1 aliphatic heterocycles. The summed E-state index contributed by atoms with van der Waals surface area (Å²) in [5.41, 5.74) is 0.639. The Balaban J connectivity index is 1.94. The van der Waals surface area contributed by atoms with Gasteiger partial charge in [0.1, 0.15) is 5.82 Å². The minimum Gasteiger partial charge on any atom is -0.350 e. The first-order valence-corrected chi connectivity index (χ1v) is 8.93. The van der Waals surface area contributed by atoms with E-state index in [4.69, 9.17) is 0 Å². The third-order valence-electron chi connectivity index (χ3n) is 4.15. The van der Waals surface area contributed by atoms with Gasteiger partial charge in [-0.15, -0.1) is 0 Å². The number of hydrogen-bond acceptors (Lipinski definition) is 3. The lowest BCUT2D eigenvalue weighted by molar-refractivity contribution is 0.0883. The van der Waals surface area contributed by atoms with E-state index in [-0.39, 0.29) is 17.3 Å². The summed E-state index contributed by atoms with van der Waals surface area (Å²) in [7, 11) is -0.714. The molecule has 0 bridgehead atoms. The molecule has 0 radical (unpaired) electrons. The van der Waals surface area contributed by atoms with Crippen LogP contribution in [0.5, 0.6) is 0 Å². The lowest BCUT2D eigenvalue weighted by Gasteiger charge is -2.40. The first kappa shape index (κ1) is 17.1. The Kier molecular flexibility index (Phi) is 5.34. The van der Waals surface area contributed by atoms with Crippen molar-refractivity contribution < 1.29 is 13.4 Å². The second-order valence-corrected chi connectivity index (χ2v) is 7.99. The van der Waals surface area contributed by atoms with Crippen molar-refractivity contribution in [3.63, 3.8) is 0 Å². The monoisotopic (exact) mass is 326 g/mol. The molecule has 0 unspecified atom stereocenters. The Bertz CT molecular complexity index is 580. The van der Waals surface area contributed by atoms with Gasteiger partial charge in [0.15, 0.2) is 0 Å². The normalized spacial score (nSPS) is 17.5. The molecule has 6 heteroatoms. The molecule has 0 spiro atoms. The van der Waals surface area contributed by atoms with E-state index in [9.17, 15) is 13.4 Å². The van der Waals surface area contributed by atoms with Crippen LogP contribution in [0.25, 0.3) is 0 Å². The van der Waals surface area contributed by atoms with Gasteiger partial charge in [-0.25, -0.2) is 4.39 Å². The van der Waals surface area contributed by atoms with Crippen LogP contribution in [0.4, 0.5) is 4.39 Å². The number of aryl methyl sites for hydroxylation is 1. The van der Waals surface area contributed by atoms with Gasteiger partial charge in [-0.3, -0.25) is 13.9 Å². The number of carbonyl (C=O) groups is 1. The lowest BCUT2D eigenvalue weighted by atomic mass is 10.0. The Labute approximate surface area is 133 Å². The number of nitrogens with zero attached hydrogens (tertiary/aromatic N) is 1. The van der Waals surface area contributed by atoms with Crippen molar-refractivity contribution in [2.75, 3.05) is 31.1 Å². The molecule has 1 aliphatic rings. The fourth-order valence-corrected chi connectivity index (χ4v) is 3.54. The average Bonchev–Trinajstić information content (AvgIpc) is 2.48. The molecule has 1 aromatic rings. The van der Waals surface area contributed by atoms with E-state index in [0.717, 1.165) is 13.1 Å². The number of amides is 1. The van der Waals surface area contributed by atoms with Crippen LogP contribution in [0.2, 0.25) is 0 Å². The van der Waals surface area contributed by atoms with Crippen LogP contribution in [-0.4, -0.2) is 51.7 Å². The molecule has 22 heavy (non-hydrogen) atoms. The molecule has 122 valence electrons. The molecule has 2 rings (SSSR count). The molecule has 1 N–H and O–H groups in total. The van der Waals surface area contributed by atoms with E-state index in [1.54, 1.807) is 19.1 Å². The molecular weight excluding hydrogens is 303 g/mol. The van der Waals surface area contributed by atoms with Crippen molar-refractivity contribution in [2.45, 2.75) is 26.3 Å². The van der Waals surface area contributed by atoms with E-state index >= 15 is 0 Å². The van der Waals surface area contributed by atoms with Crippen molar-refractivity contribution in [1.82, 2.24) is 10.2 Å². The molecular formula is C16H23FN2O2S. The SMILES string of the molecule is Cc1ccc(C(=O)NCC(C)(C)N2CCS(=O)CC2)cc1F. The fraction of sp³-hybridized carbons (Fsp3) is 0.562. The van der Waals surface area contributed by atoms with Crippen LogP contribution in [0.1, 0.15) is 29.8 Å². The first-order valence-electron chi connectivity index (χ1n) is 7.44. The Hall–Kier alpha value is -1.27. The summed E-state index contributed by atoms with van der Waals surface area (Å²) < 4.78 is 24.9. The molecule has 4 nitrogen and oxygen atoms in total. The summed E-state index contributed by atoms with van der Waals surface area (Å²) >= 11 is 0. The van der Waals surface area contributed by atoms with E-state index in [1.807, 2.05) is 0 Å². The number of halogens is 1. The Morgan fingerprint density at radius 2 is 2.00 bits per heavy atom. The number of rotatable bonds is 4. The van der Waals surface area contributed by atoms with Gasteiger partial charge in [-0.05, 0) is 38.5 Å². The van der Waals surface area contributed by atoms with Crippen LogP contribution < -0.4 is 5.32 Å². The highest BCUT2D eigenvalue weighted by atomic mass is 32.2. The van der Waals surface area contributed by atoms with Crippen molar-refractivity contribution >= 4 is 16.7 Å². The third kappa shape index (κ3) is 4.14. The molecule has 0 aromatic heterocycles. The minimum atomic E-state index is -0.714. The number of carbonyl (C=O) groups excluding carboxylic acids is 1. The van der Waals surface area contributed by atoms with Gasteiger partial charge in [0, 0.05) is 53.0 Å². The average molecular weight is 326 g/mol. The smallest absolute Gasteiger partial charge is 0.251 e. The maximum absolute atomic E-state index is 13.5. The summed E-state index contributed by atoms with van der Waals surface area (Å²) in [6.07, 6.45) is 0. The van der Waals surface area contributed by atoms with Gasteiger partial charge in [0.2, 0.25) is 0 Å². The highest BCUT2D eigenvalue weighted by Gasteiger charge is 2.30. The topological polar surface area (TPSA) is 49.4 Å². The quantitative estimate of drug-likeness (QED) is 0.916. The fourth-order valence-electron chi connectivity index (χ4n) is 2.49. The maximum atomic E-state index is 13.5. The van der Waals surface area contributed by atoms with Gasteiger partial charge in [-0.1, -0.05) is 6.07 Å². The largest absolute Gasteiger partial charge is 0.350 e. The van der Waals surface area contributed by atoms with Crippen LogP contribution in [0, 0.1) is 12.7 Å². The van der Waals surface area contributed by atoms with Crippen LogP contribution in [0.3, 0.4) is 0 Å². The van der Waals surface area contributed by atoms with E-state index in [0.29, 0.717) is 29.2 Å². The predicted octanol–water partition coefficient (Wildman–Crippen LogP) is 1.71. The maximum Gasteiger partial charge on any atom is 0.251 e. The summed E-state index contributed by atoms with van der Waals surface area (Å²) in [4.78, 5) is 14.4. The number of hydrogen-bond donors (Lipinski definition) is 1. The second kappa shape index (κ2) is 6.87. The molecule has 1 amide bonds. The van der Waals surface area contributed by atoms with E-state index in [1.165, 1.54) is 6.07 Å². The van der Waals surface area contributed by atoms with Crippen LogP contribution >= 0.6 is 0 Å². The van der Waals surface area contributed by atoms with Gasteiger partial charge >= 0.3 is 0 Å². The first-order chi connectivity index (χ1) is 10.3. The summed E-state index contributed by atoms with van der Waals surface area (Å²) in [6, 6.07) is 4.50. The highest BCUT2D eigenvalue weighted by Crippen LogP contribution is 2.16. The van der Waals surface area contributed by atoms with E-state index < -0.39 is 10.8 Å². The zero-order chi connectivity index (χ0) is 16.3. The zero-order valence-corrected chi connectivity index (χ0v) is 14.1. The highest BCUT2D eigenvalue weighted by molar-refractivity contribution is 7.85. The second-order valence-electron chi connectivity index (χ2n) is 6.29. The van der Waals surface area contributed by atoms with Crippen molar-refractivity contribution in [1.29, 1.82) is 0 Å². The van der Waals surface area contributed by atoms with Crippen molar-refractivity contribution in [3.8, 4) is 0 Å². The standard InChI is InChI=1S/C16H23FN2O2S/c1-12-4-5-13(10-14(12)17)15(20)18-11-16(2,3)19-6-8-22(21)9-7-19/h4-5,10H,6-9,11H2,1-3H3,(H,18,20). The van der Waals surface area contributed by atoms with Crippen LogP contribution in [-0.2, 0) is 10.8 Å². The summed E-state index contributed by atoms with van der Waals surface area (Å²) in [5.74, 6) is 0.721. The third-order valence-corrected chi connectivity index (χ3v) is 5.43. The predicted molar refractivity (Wildman–Crippen MR) is 87.0 cm³/mol. The van der Waals surface area contributed by atoms with Gasteiger partial charge in [0.05, 0.1) is 0 Å². The molecule has 0 saturated carbocycles. The summed E-state index contributed by atoms with van der Waals surface area (Å²) in [6.45, 7) is 7.78. The van der Waals surface area contributed by atoms with Crippen molar-refractivity contribution in [2.24, 2.45) is 0 Å².